The number of carbonyl (C=O) groups excluding carboxylic acids is 3. The second-order valence-corrected chi connectivity index (χ2v) is 3.25. The Balaban J connectivity index is 4.34. The highest BCUT2D eigenvalue weighted by atomic mass is 16.3. The Morgan fingerprint density at radius 1 is 1.33 bits per heavy atom. The van der Waals surface area contributed by atoms with Crippen molar-refractivity contribution in [1.82, 2.24) is 10.2 Å². The van der Waals surface area contributed by atoms with Gasteiger partial charge in [-0.2, -0.15) is 0 Å². The van der Waals surface area contributed by atoms with Crippen molar-refractivity contribution in [2.24, 2.45) is 0 Å². The van der Waals surface area contributed by atoms with E-state index in [0.717, 1.165) is 4.90 Å². The Morgan fingerprint density at radius 2 is 1.87 bits per heavy atom. The summed E-state index contributed by atoms with van der Waals surface area (Å²) in [6.07, 6.45) is 0. The van der Waals surface area contributed by atoms with Crippen molar-refractivity contribution in [1.29, 1.82) is 0 Å². The number of Topliss-reactive ketones (excluding diaryl/α,β-unsaturated/α-hetero) is 1. The number of ketones is 1. The Morgan fingerprint density at radius 3 is 2.20 bits per heavy atom. The van der Waals surface area contributed by atoms with E-state index in [0.29, 0.717) is 0 Å². The minimum Gasteiger partial charge on any atom is -0.394 e. The smallest absolute Gasteiger partial charge is 0.245 e. The van der Waals surface area contributed by atoms with Crippen LogP contribution in [0.15, 0.2) is 0 Å². The molecule has 0 saturated heterocycles. The Bertz CT molecular complexity index is 265. The Hall–Kier alpha value is -1.43. The van der Waals surface area contributed by atoms with Crippen LogP contribution in [0.4, 0.5) is 0 Å². The van der Waals surface area contributed by atoms with E-state index < -0.39 is 18.6 Å². The summed E-state index contributed by atoms with van der Waals surface area (Å²) < 4.78 is 0. The van der Waals surface area contributed by atoms with Gasteiger partial charge in [0, 0.05) is 14.0 Å². The second-order valence-electron chi connectivity index (χ2n) is 3.25. The molecule has 0 radical (unpaired) electrons. The van der Waals surface area contributed by atoms with E-state index in [4.69, 9.17) is 5.11 Å². The predicted octanol–water partition coefficient (Wildman–Crippen LogP) is -1.47. The zero-order valence-corrected chi connectivity index (χ0v) is 9.11. The molecule has 0 bridgehead atoms. The van der Waals surface area contributed by atoms with Crippen LogP contribution in [0.25, 0.3) is 0 Å². The van der Waals surface area contributed by atoms with E-state index in [1.165, 1.54) is 20.9 Å². The highest BCUT2D eigenvalue weighted by Gasteiger charge is 2.23. The van der Waals surface area contributed by atoms with Crippen molar-refractivity contribution in [2.45, 2.75) is 19.9 Å². The molecule has 0 aliphatic carbocycles. The largest absolute Gasteiger partial charge is 0.394 e. The van der Waals surface area contributed by atoms with Gasteiger partial charge in [0.2, 0.25) is 11.8 Å². The summed E-state index contributed by atoms with van der Waals surface area (Å²) in [6, 6.07) is -0.943. The first-order valence-electron chi connectivity index (χ1n) is 4.51. The fourth-order valence-corrected chi connectivity index (χ4v) is 0.930. The molecule has 6 nitrogen and oxygen atoms in total. The van der Waals surface area contributed by atoms with E-state index in [1.54, 1.807) is 0 Å². The number of hydrogen-bond donors (Lipinski definition) is 2. The summed E-state index contributed by atoms with van der Waals surface area (Å²) in [5.74, 6) is -1.05. The molecule has 2 N–H and O–H groups in total. The van der Waals surface area contributed by atoms with Crippen molar-refractivity contribution >= 4 is 17.6 Å². The molecule has 2 amide bonds. The van der Waals surface area contributed by atoms with Gasteiger partial charge >= 0.3 is 0 Å². The molecule has 0 fully saturated rings. The molecule has 6 heteroatoms. The number of hydrogen-bond acceptors (Lipinski definition) is 4. The quantitative estimate of drug-likeness (QED) is 0.587. The number of nitrogens with one attached hydrogen (secondary N) is 1. The maximum absolute atomic E-state index is 11.4. The molecule has 0 aliphatic heterocycles. The number of carbonyl (C=O) groups is 3. The monoisotopic (exact) mass is 216 g/mol. The molecule has 1 atom stereocenters. The molecule has 0 saturated carbocycles. The van der Waals surface area contributed by atoms with Crippen molar-refractivity contribution in [3.63, 3.8) is 0 Å². The van der Waals surface area contributed by atoms with Crippen molar-refractivity contribution in [3.8, 4) is 0 Å². The topological polar surface area (TPSA) is 86.7 Å². The third-order valence-corrected chi connectivity index (χ3v) is 1.95. The molecule has 0 rings (SSSR count). The number of rotatable bonds is 5. The number of aliphatic hydroxyl groups excluding tert-OH is 1. The van der Waals surface area contributed by atoms with Gasteiger partial charge in [-0.25, -0.2) is 0 Å². The van der Waals surface area contributed by atoms with Crippen molar-refractivity contribution in [2.75, 3.05) is 20.2 Å². The summed E-state index contributed by atoms with van der Waals surface area (Å²) >= 11 is 0. The van der Waals surface area contributed by atoms with E-state index in [9.17, 15) is 14.4 Å². The lowest BCUT2D eigenvalue weighted by Gasteiger charge is -2.24. The van der Waals surface area contributed by atoms with Gasteiger partial charge < -0.3 is 15.3 Å². The van der Waals surface area contributed by atoms with Crippen LogP contribution in [0.1, 0.15) is 13.8 Å². The normalized spacial score (nSPS) is 11.7. The average molecular weight is 216 g/mol. The molecule has 0 aromatic heterocycles. The zero-order valence-electron chi connectivity index (χ0n) is 9.11. The molecular weight excluding hydrogens is 200 g/mol. The SMILES string of the molecule is CC(=O)CNC(=O)[C@H](CO)N(C)C(C)=O. The summed E-state index contributed by atoms with van der Waals surface area (Å²) in [6.45, 7) is 2.06. The predicted molar refractivity (Wildman–Crippen MR) is 53.0 cm³/mol. The lowest BCUT2D eigenvalue weighted by molar-refractivity contribution is -0.139. The highest BCUT2D eigenvalue weighted by Crippen LogP contribution is 1.96. The maximum atomic E-state index is 11.4. The number of likely N-dealkylation sites (N-methyl/N-ethyl adjacent to an activating group) is 1. The van der Waals surface area contributed by atoms with Gasteiger partial charge in [-0.05, 0) is 6.92 Å². The summed E-state index contributed by atoms with van der Waals surface area (Å²) in [5, 5.41) is 11.3. The van der Waals surface area contributed by atoms with Crippen LogP contribution < -0.4 is 5.32 Å². The van der Waals surface area contributed by atoms with E-state index in [1.807, 2.05) is 0 Å². The van der Waals surface area contributed by atoms with Gasteiger partial charge in [-0.1, -0.05) is 0 Å². The fraction of sp³-hybridized carbons (Fsp3) is 0.667. The van der Waals surface area contributed by atoms with Gasteiger partial charge in [0.25, 0.3) is 0 Å². The zero-order chi connectivity index (χ0) is 12.0. The Labute approximate surface area is 88.2 Å². The van der Waals surface area contributed by atoms with Gasteiger partial charge in [0.05, 0.1) is 13.2 Å². The molecular formula is C9H16N2O4. The van der Waals surface area contributed by atoms with Crippen LogP contribution in [0, 0.1) is 0 Å². The van der Waals surface area contributed by atoms with Crippen LogP contribution in [-0.2, 0) is 14.4 Å². The lowest BCUT2D eigenvalue weighted by Crippen LogP contribution is -2.49. The molecule has 0 unspecified atom stereocenters. The summed E-state index contributed by atoms with van der Waals surface area (Å²) in [5.41, 5.74) is 0. The molecule has 0 spiro atoms. The van der Waals surface area contributed by atoms with Gasteiger partial charge in [-0.15, -0.1) is 0 Å². The first kappa shape index (κ1) is 13.6. The van der Waals surface area contributed by atoms with Gasteiger partial charge in [0.15, 0.2) is 0 Å². The van der Waals surface area contributed by atoms with Crippen LogP contribution in [0.3, 0.4) is 0 Å². The standard InChI is InChI=1S/C9H16N2O4/c1-6(13)4-10-9(15)8(5-12)11(3)7(2)14/h8,12H,4-5H2,1-3H3,(H,10,15)/t8-/m0/s1. The second kappa shape index (κ2) is 6.13. The minimum absolute atomic E-state index is 0.0962. The van der Waals surface area contributed by atoms with E-state index >= 15 is 0 Å². The van der Waals surface area contributed by atoms with Crippen molar-refractivity contribution < 1.29 is 19.5 Å². The average Bonchev–Trinajstić information content (AvgIpc) is 2.15. The van der Waals surface area contributed by atoms with Gasteiger partial charge in [0.1, 0.15) is 11.8 Å². The summed E-state index contributed by atoms with van der Waals surface area (Å²) in [4.78, 5) is 34.1. The minimum atomic E-state index is -0.943. The molecule has 0 aromatic carbocycles. The number of aliphatic hydroxyl groups is 1. The first-order valence-corrected chi connectivity index (χ1v) is 4.51. The number of nitrogens with zero attached hydrogens (tertiary/aromatic N) is 1. The molecule has 15 heavy (non-hydrogen) atoms. The lowest BCUT2D eigenvalue weighted by atomic mass is 10.2. The number of amides is 2. The highest BCUT2D eigenvalue weighted by molar-refractivity contribution is 5.90. The Kier molecular flexibility index (Phi) is 5.54. The first-order chi connectivity index (χ1) is 6.90. The van der Waals surface area contributed by atoms with Crippen LogP contribution in [0.5, 0.6) is 0 Å². The fourth-order valence-electron chi connectivity index (χ4n) is 0.930. The third kappa shape index (κ3) is 4.55. The van der Waals surface area contributed by atoms with E-state index in [-0.39, 0.29) is 18.2 Å². The molecule has 0 heterocycles. The maximum Gasteiger partial charge on any atom is 0.245 e. The van der Waals surface area contributed by atoms with Crippen LogP contribution in [-0.4, -0.2) is 53.8 Å². The molecule has 0 aromatic rings. The van der Waals surface area contributed by atoms with Gasteiger partial charge in [-0.3, -0.25) is 14.4 Å². The summed E-state index contributed by atoms with van der Waals surface area (Å²) in [7, 11) is 1.41. The molecule has 86 valence electrons. The van der Waals surface area contributed by atoms with Crippen molar-refractivity contribution in [3.05, 3.63) is 0 Å². The van der Waals surface area contributed by atoms with Crippen LogP contribution in [0.2, 0.25) is 0 Å². The van der Waals surface area contributed by atoms with E-state index in [2.05, 4.69) is 5.32 Å². The third-order valence-electron chi connectivity index (χ3n) is 1.95. The van der Waals surface area contributed by atoms with Crippen LogP contribution >= 0.6 is 0 Å². The molecule has 0 aliphatic rings.